The van der Waals surface area contributed by atoms with Crippen molar-refractivity contribution in [3.8, 4) is 0 Å². The number of amides is 1. The van der Waals surface area contributed by atoms with E-state index in [1.165, 1.54) is 69.1 Å². The molecule has 0 saturated carbocycles. The fraction of sp³-hybridized carbons (Fsp3) is 0.724. The Labute approximate surface area is 202 Å². The summed E-state index contributed by atoms with van der Waals surface area (Å²) in [5.74, 6) is 1.63. The maximum absolute atomic E-state index is 12.1. The number of unbranched alkanes of at least 4 members (excludes halogenated alkanes) is 10. The highest BCUT2D eigenvalue weighted by atomic mass is 16.1. The first kappa shape index (κ1) is 27.4. The van der Waals surface area contributed by atoms with Crippen molar-refractivity contribution in [3.63, 3.8) is 0 Å². The van der Waals surface area contributed by atoms with Gasteiger partial charge in [0.05, 0.1) is 11.0 Å². The number of aromatic nitrogens is 2. The molecule has 2 aromatic rings. The molecule has 33 heavy (non-hydrogen) atoms. The predicted molar refractivity (Wildman–Crippen MR) is 142 cm³/mol. The van der Waals surface area contributed by atoms with Gasteiger partial charge < -0.3 is 9.88 Å². The van der Waals surface area contributed by atoms with E-state index < -0.39 is 0 Å². The smallest absolute Gasteiger partial charge is 0.223 e. The molecule has 0 unspecified atom stereocenters. The summed E-state index contributed by atoms with van der Waals surface area (Å²) in [6.45, 7) is 8.34. The highest BCUT2D eigenvalue weighted by molar-refractivity contribution is 5.78. The third kappa shape index (κ3) is 9.90. The van der Waals surface area contributed by atoms with Crippen LogP contribution in [0.5, 0.6) is 0 Å². The van der Waals surface area contributed by atoms with Crippen molar-refractivity contribution in [1.29, 1.82) is 0 Å². The average molecular weight is 456 g/mol. The topological polar surface area (TPSA) is 46.9 Å². The van der Waals surface area contributed by atoms with E-state index in [-0.39, 0.29) is 11.8 Å². The van der Waals surface area contributed by atoms with Crippen LogP contribution in [0.2, 0.25) is 0 Å². The van der Waals surface area contributed by atoms with Crippen molar-refractivity contribution >= 4 is 16.9 Å². The van der Waals surface area contributed by atoms with E-state index in [1.807, 2.05) is 0 Å². The van der Waals surface area contributed by atoms with E-state index in [1.54, 1.807) is 0 Å². The van der Waals surface area contributed by atoms with Gasteiger partial charge in [-0.05, 0) is 44.2 Å². The fourth-order valence-corrected chi connectivity index (χ4v) is 4.75. The largest absolute Gasteiger partial charge is 0.356 e. The maximum Gasteiger partial charge on any atom is 0.223 e. The van der Waals surface area contributed by atoms with Gasteiger partial charge in [0.2, 0.25) is 5.91 Å². The van der Waals surface area contributed by atoms with E-state index >= 15 is 0 Å². The highest BCUT2D eigenvalue weighted by Gasteiger charge is 2.13. The first-order chi connectivity index (χ1) is 16.2. The monoisotopic (exact) mass is 455 g/mol. The number of nitrogens with one attached hydrogen (secondary N) is 1. The molecule has 4 nitrogen and oxygen atoms in total. The molecule has 1 heterocycles. The summed E-state index contributed by atoms with van der Waals surface area (Å²) < 4.78 is 2.46. The molecule has 1 amide bonds. The van der Waals surface area contributed by atoms with E-state index in [9.17, 15) is 4.79 Å². The minimum Gasteiger partial charge on any atom is -0.356 e. The zero-order valence-corrected chi connectivity index (χ0v) is 21.7. The van der Waals surface area contributed by atoms with Gasteiger partial charge in [0.1, 0.15) is 5.82 Å². The number of carbonyl (C=O) groups is 1. The van der Waals surface area contributed by atoms with Gasteiger partial charge in [0.25, 0.3) is 0 Å². The lowest BCUT2D eigenvalue weighted by atomic mass is 10.0. The molecule has 1 aromatic heterocycles. The lowest BCUT2D eigenvalue weighted by molar-refractivity contribution is -0.125. The maximum atomic E-state index is 12.1. The Hall–Kier alpha value is -1.84. The van der Waals surface area contributed by atoms with Crippen molar-refractivity contribution in [2.45, 2.75) is 124 Å². The first-order valence-electron chi connectivity index (χ1n) is 13.9. The van der Waals surface area contributed by atoms with E-state index in [0.29, 0.717) is 0 Å². The van der Waals surface area contributed by atoms with Crippen LogP contribution < -0.4 is 5.32 Å². The number of imidazole rings is 1. The summed E-state index contributed by atoms with van der Waals surface area (Å²) in [4.78, 5) is 17.1. The molecule has 1 N–H and O–H groups in total. The molecule has 0 atom stereocenters. The first-order valence-corrected chi connectivity index (χ1v) is 13.9. The van der Waals surface area contributed by atoms with Crippen molar-refractivity contribution in [2.24, 2.45) is 5.92 Å². The number of carbonyl (C=O) groups excluding carboxylic acids is 1. The van der Waals surface area contributed by atoms with Crippen LogP contribution in [0.4, 0.5) is 0 Å². The normalized spacial score (nSPS) is 11.5. The van der Waals surface area contributed by atoms with Gasteiger partial charge in [-0.15, -0.1) is 0 Å². The lowest BCUT2D eigenvalue weighted by Crippen LogP contribution is -2.30. The van der Waals surface area contributed by atoms with Gasteiger partial charge in [-0.3, -0.25) is 4.79 Å². The van der Waals surface area contributed by atoms with Crippen LogP contribution in [0, 0.1) is 5.92 Å². The molecular weight excluding hydrogens is 406 g/mol. The number of rotatable bonds is 19. The Bertz CT molecular complexity index is 778. The highest BCUT2D eigenvalue weighted by Crippen LogP contribution is 2.19. The molecule has 0 aliphatic carbocycles. The third-order valence-electron chi connectivity index (χ3n) is 6.95. The fourth-order valence-electron chi connectivity index (χ4n) is 4.75. The second kappa shape index (κ2) is 16.7. The van der Waals surface area contributed by atoms with Crippen LogP contribution in [0.15, 0.2) is 24.3 Å². The number of aryl methyl sites for hydroxylation is 2. The van der Waals surface area contributed by atoms with Crippen molar-refractivity contribution in [3.05, 3.63) is 30.1 Å². The van der Waals surface area contributed by atoms with Gasteiger partial charge in [-0.2, -0.15) is 0 Å². The number of nitrogens with zero attached hydrogens (tertiary/aromatic N) is 2. The summed E-state index contributed by atoms with van der Waals surface area (Å²) in [6, 6.07) is 8.57. The third-order valence-corrected chi connectivity index (χ3v) is 6.95. The summed E-state index contributed by atoms with van der Waals surface area (Å²) in [7, 11) is 0. The number of fused-ring (bicyclic) bond motifs is 1. The lowest BCUT2D eigenvalue weighted by Gasteiger charge is -2.12. The zero-order chi connectivity index (χ0) is 23.7. The molecule has 0 aliphatic rings. The Balaban J connectivity index is 1.72. The Morgan fingerprint density at radius 2 is 1.48 bits per heavy atom. The minimum absolute atomic E-state index is 0.172. The second-order valence-corrected chi connectivity index (χ2v) is 9.61. The van der Waals surface area contributed by atoms with Gasteiger partial charge in [0, 0.05) is 25.4 Å². The van der Waals surface area contributed by atoms with Crippen molar-refractivity contribution < 1.29 is 4.79 Å². The van der Waals surface area contributed by atoms with Gasteiger partial charge >= 0.3 is 0 Å². The van der Waals surface area contributed by atoms with E-state index in [4.69, 9.17) is 4.98 Å². The molecule has 0 fully saturated rings. The Kier molecular flexibility index (Phi) is 13.9. The quantitative estimate of drug-likeness (QED) is 0.219. The van der Waals surface area contributed by atoms with Crippen LogP contribution in [0.25, 0.3) is 11.0 Å². The number of hydrogen-bond acceptors (Lipinski definition) is 2. The van der Waals surface area contributed by atoms with E-state index in [0.717, 1.165) is 57.1 Å². The summed E-state index contributed by atoms with van der Waals surface area (Å²) in [5, 5.41) is 3.12. The van der Waals surface area contributed by atoms with Crippen molar-refractivity contribution in [1.82, 2.24) is 14.9 Å². The summed E-state index contributed by atoms with van der Waals surface area (Å²) >= 11 is 0. The standard InChI is InChI=1S/C29H49N3O/c1-4-7-8-9-10-11-12-13-19-24-32-27-21-17-16-20-26(27)31-28(32)22-15-14-18-23-30-29(33)25(5-2)6-3/h16-17,20-21,25H,4-15,18-19,22-24H2,1-3H3,(H,30,33). The Morgan fingerprint density at radius 1 is 0.848 bits per heavy atom. The summed E-state index contributed by atoms with van der Waals surface area (Å²) in [6.07, 6.45) is 18.4. The van der Waals surface area contributed by atoms with Gasteiger partial charge in [-0.1, -0.05) is 90.7 Å². The minimum atomic E-state index is 0.172. The molecular formula is C29H49N3O. The molecule has 0 bridgehead atoms. The summed E-state index contributed by atoms with van der Waals surface area (Å²) in [5.41, 5.74) is 2.41. The molecule has 186 valence electrons. The SMILES string of the molecule is CCCCCCCCCCCn1c(CCCCCNC(=O)C(CC)CC)nc2ccccc21. The van der Waals surface area contributed by atoms with Crippen LogP contribution >= 0.6 is 0 Å². The average Bonchev–Trinajstić information content (AvgIpc) is 3.18. The molecule has 0 saturated heterocycles. The van der Waals surface area contributed by atoms with Crippen LogP contribution in [-0.2, 0) is 17.8 Å². The molecule has 4 heteroatoms. The number of para-hydroxylation sites is 2. The predicted octanol–water partition coefficient (Wildman–Crippen LogP) is 7.83. The van der Waals surface area contributed by atoms with Crippen LogP contribution in [0.1, 0.15) is 116 Å². The molecule has 0 radical (unpaired) electrons. The molecule has 2 rings (SSSR count). The molecule has 0 spiro atoms. The number of hydrogen-bond donors (Lipinski definition) is 1. The van der Waals surface area contributed by atoms with Gasteiger partial charge in [0.15, 0.2) is 0 Å². The van der Waals surface area contributed by atoms with Crippen LogP contribution in [0.3, 0.4) is 0 Å². The molecule has 1 aromatic carbocycles. The van der Waals surface area contributed by atoms with Crippen LogP contribution in [-0.4, -0.2) is 22.0 Å². The van der Waals surface area contributed by atoms with Gasteiger partial charge in [-0.25, -0.2) is 4.98 Å². The molecule has 0 aliphatic heterocycles. The van der Waals surface area contributed by atoms with Crippen molar-refractivity contribution in [2.75, 3.05) is 6.54 Å². The Morgan fingerprint density at radius 3 is 2.18 bits per heavy atom. The zero-order valence-electron chi connectivity index (χ0n) is 21.7. The van der Waals surface area contributed by atoms with E-state index in [2.05, 4.69) is 54.9 Å². The second-order valence-electron chi connectivity index (χ2n) is 9.61. The number of benzene rings is 1.